The van der Waals surface area contributed by atoms with Gasteiger partial charge in [-0.3, -0.25) is 0 Å². The van der Waals surface area contributed by atoms with E-state index >= 15 is 0 Å². The molecule has 1 unspecified atom stereocenters. The average Bonchev–Trinajstić information content (AvgIpc) is 2.52. The molecule has 0 saturated carbocycles. The van der Waals surface area contributed by atoms with Crippen LogP contribution in [0.5, 0.6) is 0 Å². The summed E-state index contributed by atoms with van der Waals surface area (Å²) in [6, 6.07) is 6.60. The Kier molecular flexibility index (Phi) is 6.77. The zero-order valence-corrected chi connectivity index (χ0v) is 13.7. The first-order valence-electron chi connectivity index (χ1n) is 7.58. The number of halogens is 1. The number of hydrogen-bond donors (Lipinski definition) is 1. The van der Waals surface area contributed by atoms with E-state index in [1.807, 2.05) is 6.07 Å². The third-order valence-corrected chi connectivity index (χ3v) is 4.08. The van der Waals surface area contributed by atoms with Crippen molar-refractivity contribution in [2.75, 3.05) is 44.9 Å². The Labute approximate surface area is 132 Å². The van der Waals surface area contributed by atoms with E-state index in [-0.39, 0.29) is 0 Å². The van der Waals surface area contributed by atoms with Crippen LogP contribution in [0.2, 0.25) is 5.02 Å². The van der Waals surface area contributed by atoms with E-state index in [9.17, 15) is 0 Å². The molecule has 0 bridgehead atoms. The van der Waals surface area contributed by atoms with Crippen LogP contribution < -0.4 is 10.2 Å². The standard InChI is InChI=1S/C16H25ClN2O2/c1-3-15-12-21-9-7-19(15)16-5-4-14(17)10-13(16)11-18-6-8-20-2/h4-5,10,15,18H,3,6-9,11-12H2,1-2H3. The fourth-order valence-corrected chi connectivity index (χ4v) is 2.88. The maximum atomic E-state index is 6.17. The smallest absolute Gasteiger partial charge is 0.0670 e. The van der Waals surface area contributed by atoms with Crippen LogP contribution in [0.3, 0.4) is 0 Å². The number of rotatable bonds is 7. The fraction of sp³-hybridized carbons (Fsp3) is 0.625. The maximum Gasteiger partial charge on any atom is 0.0670 e. The summed E-state index contributed by atoms with van der Waals surface area (Å²) < 4.78 is 10.7. The van der Waals surface area contributed by atoms with Gasteiger partial charge in [0.1, 0.15) is 0 Å². The highest BCUT2D eigenvalue weighted by molar-refractivity contribution is 6.30. The van der Waals surface area contributed by atoms with Gasteiger partial charge in [-0.2, -0.15) is 0 Å². The van der Waals surface area contributed by atoms with E-state index in [1.165, 1.54) is 11.3 Å². The summed E-state index contributed by atoms with van der Waals surface area (Å²) in [6.45, 7) is 7.08. The van der Waals surface area contributed by atoms with Crippen molar-refractivity contribution in [2.45, 2.75) is 25.9 Å². The van der Waals surface area contributed by atoms with Gasteiger partial charge in [-0.05, 0) is 30.2 Å². The number of morpholine rings is 1. The minimum atomic E-state index is 0.442. The van der Waals surface area contributed by atoms with E-state index in [0.29, 0.717) is 12.6 Å². The Morgan fingerprint density at radius 1 is 1.48 bits per heavy atom. The second-order valence-corrected chi connectivity index (χ2v) is 5.71. The van der Waals surface area contributed by atoms with Crippen LogP contribution in [0.4, 0.5) is 5.69 Å². The Morgan fingerprint density at radius 3 is 3.10 bits per heavy atom. The molecule has 0 radical (unpaired) electrons. The minimum Gasteiger partial charge on any atom is -0.383 e. The Hall–Kier alpha value is -0.810. The predicted octanol–water partition coefficient (Wildman–Crippen LogP) is 2.69. The van der Waals surface area contributed by atoms with Gasteiger partial charge in [-0.1, -0.05) is 18.5 Å². The van der Waals surface area contributed by atoms with E-state index in [2.05, 4.69) is 29.3 Å². The summed E-state index contributed by atoms with van der Waals surface area (Å²) in [7, 11) is 1.71. The third-order valence-electron chi connectivity index (χ3n) is 3.85. The van der Waals surface area contributed by atoms with Gasteiger partial charge in [0.2, 0.25) is 0 Å². The summed E-state index contributed by atoms with van der Waals surface area (Å²) >= 11 is 6.17. The summed E-state index contributed by atoms with van der Waals surface area (Å²) in [5.74, 6) is 0. The number of nitrogens with one attached hydrogen (secondary N) is 1. The number of benzene rings is 1. The average molecular weight is 313 g/mol. The zero-order valence-electron chi connectivity index (χ0n) is 12.9. The van der Waals surface area contributed by atoms with Gasteiger partial charge in [0.05, 0.1) is 25.9 Å². The molecule has 0 aliphatic carbocycles. The highest BCUT2D eigenvalue weighted by atomic mass is 35.5. The Balaban J connectivity index is 2.13. The number of hydrogen-bond acceptors (Lipinski definition) is 4. The molecule has 1 aliphatic rings. The molecule has 1 heterocycles. The van der Waals surface area contributed by atoms with Crippen LogP contribution in [0.1, 0.15) is 18.9 Å². The second kappa shape index (κ2) is 8.59. The molecule has 0 amide bonds. The SMILES string of the molecule is CCC1COCCN1c1ccc(Cl)cc1CNCCOC. The summed E-state index contributed by atoms with van der Waals surface area (Å²) in [5.41, 5.74) is 2.50. The maximum absolute atomic E-state index is 6.17. The van der Waals surface area contributed by atoms with Gasteiger partial charge in [0.25, 0.3) is 0 Å². The lowest BCUT2D eigenvalue weighted by Crippen LogP contribution is -2.45. The Morgan fingerprint density at radius 2 is 2.33 bits per heavy atom. The molecular weight excluding hydrogens is 288 g/mol. The number of methoxy groups -OCH3 is 1. The van der Waals surface area contributed by atoms with Crippen molar-refractivity contribution in [3.8, 4) is 0 Å². The number of ether oxygens (including phenoxy) is 2. The van der Waals surface area contributed by atoms with Gasteiger partial charge >= 0.3 is 0 Å². The lowest BCUT2D eigenvalue weighted by Gasteiger charge is -2.38. The monoisotopic (exact) mass is 312 g/mol. The van der Waals surface area contributed by atoms with Crippen molar-refractivity contribution in [3.05, 3.63) is 28.8 Å². The van der Waals surface area contributed by atoms with Crippen LogP contribution in [0, 0.1) is 0 Å². The number of anilines is 1. The lowest BCUT2D eigenvalue weighted by molar-refractivity contribution is 0.0929. The van der Waals surface area contributed by atoms with Crippen molar-refractivity contribution < 1.29 is 9.47 Å². The van der Waals surface area contributed by atoms with Crippen LogP contribution in [-0.2, 0) is 16.0 Å². The molecule has 1 aromatic carbocycles. The molecule has 1 fully saturated rings. The minimum absolute atomic E-state index is 0.442. The summed E-state index contributed by atoms with van der Waals surface area (Å²) in [5, 5.41) is 4.18. The normalized spacial score (nSPS) is 19.0. The molecule has 118 valence electrons. The van der Waals surface area contributed by atoms with Crippen LogP contribution in [-0.4, -0.2) is 46.1 Å². The molecule has 4 nitrogen and oxygen atoms in total. The molecule has 1 atom stereocenters. The van der Waals surface area contributed by atoms with Gasteiger partial charge < -0.3 is 19.7 Å². The largest absolute Gasteiger partial charge is 0.383 e. The molecule has 21 heavy (non-hydrogen) atoms. The van der Waals surface area contributed by atoms with Gasteiger partial charge in [0.15, 0.2) is 0 Å². The van der Waals surface area contributed by atoms with Gasteiger partial charge in [-0.15, -0.1) is 0 Å². The zero-order chi connectivity index (χ0) is 15.1. The molecule has 0 spiro atoms. The summed E-state index contributed by atoms with van der Waals surface area (Å²) in [4.78, 5) is 2.45. The highest BCUT2D eigenvalue weighted by Gasteiger charge is 2.23. The van der Waals surface area contributed by atoms with Crippen molar-refractivity contribution >= 4 is 17.3 Å². The van der Waals surface area contributed by atoms with Crippen LogP contribution >= 0.6 is 11.6 Å². The van der Waals surface area contributed by atoms with Crippen molar-refractivity contribution in [3.63, 3.8) is 0 Å². The lowest BCUT2D eigenvalue weighted by atomic mass is 10.1. The van der Waals surface area contributed by atoms with Crippen molar-refractivity contribution in [2.24, 2.45) is 0 Å². The Bertz CT molecular complexity index is 442. The van der Waals surface area contributed by atoms with Gasteiger partial charge in [0, 0.05) is 37.5 Å². The quantitative estimate of drug-likeness (QED) is 0.785. The molecular formula is C16H25ClN2O2. The molecule has 1 saturated heterocycles. The predicted molar refractivity (Wildman–Crippen MR) is 87.3 cm³/mol. The molecule has 5 heteroatoms. The molecule has 1 N–H and O–H groups in total. The summed E-state index contributed by atoms with van der Waals surface area (Å²) in [6.07, 6.45) is 1.08. The van der Waals surface area contributed by atoms with E-state index in [1.54, 1.807) is 7.11 Å². The second-order valence-electron chi connectivity index (χ2n) is 5.27. The van der Waals surface area contributed by atoms with Crippen molar-refractivity contribution in [1.82, 2.24) is 5.32 Å². The molecule has 0 aromatic heterocycles. The van der Waals surface area contributed by atoms with Crippen LogP contribution in [0.25, 0.3) is 0 Å². The first kappa shape index (κ1) is 16.6. The van der Waals surface area contributed by atoms with E-state index < -0.39 is 0 Å². The highest BCUT2D eigenvalue weighted by Crippen LogP contribution is 2.28. The van der Waals surface area contributed by atoms with Crippen molar-refractivity contribution in [1.29, 1.82) is 0 Å². The topological polar surface area (TPSA) is 33.7 Å². The molecule has 2 rings (SSSR count). The van der Waals surface area contributed by atoms with E-state index in [0.717, 1.165) is 44.3 Å². The number of nitrogens with zero attached hydrogens (tertiary/aromatic N) is 1. The van der Waals surface area contributed by atoms with E-state index in [4.69, 9.17) is 21.1 Å². The fourth-order valence-electron chi connectivity index (χ4n) is 2.68. The van der Waals surface area contributed by atoms with Gasteiger partial charge in [-0.25, -0.2) is 0 Å². The third kappa shape index (κ3) is 4.58. The van der Waals surface area contributed by atoms with Crippen LogP contribution in [0.15, 0.2) is 18.2 Å². The first-order chi connectivity index (χ1) is 10.3. The molecule has 1 aliphatic heterocycles. The first-order valence-corrected chi connectivity index (χ1v) is 7.96. The molecule has 1 aromatic rings.